The average molecular weight is 432 g/mol. The maximum absolute atomic E-state index is 12.9. The highest BCUT2D eigenvalue weighted by atomic mass is 32.2. The fourth-order valence-corrected chi connectivity index (χ4v) is 4.38. The van der Waals surface area contributed by atoms with E-state index in [0.29, 0.717) is 32.1 Å². The van der Waals surface area contributed by atoms with Gasteiger partial charge in [0.05, 0.1) is 38.0 Å². The molecule has 1 aliphatic rings. The Morgan fingerprint density at radius 1 is 1.07 bits per heavy atom. The van der Waals surface area contributed by atoms with E-state index >= 15 is 0 Å². The Morgan fingerprint density at radius 3 is 2.40 bits per heavy atom. The van der Waals surface area contributed by atoms with Gasteiger partial charge in [-0.25, -0.2) is 8.42 Å². The Bertz CT molecular complexity index is 1010. The van der Waals surface area contributed by atoms with Crippen LogP contribution in [0.1, 0.15) is 5.56 Å². The zero-order valence-corrected chi connectivity index (χ0v) is 17.6. The maximum atomic E-state index is 12.9. The van der Waals surface area contributed by atoms with Crippen molar-refractivity contribution >= 4 is 27.7 Å². The summed E-state index contributed by atoms with van der Waals surface area (Å²) in [5, 5.41) is 2.69. The number of sulfonamides is 1. The van der Waals surface area contributed by atoms with Crippen LogP contribution >= 0.6 is 0 Å². The molecule has 1 fully saturated rings. The molecule has 0 unspecified atom stereocenters. The SMILES string of the molecule is COc1ccc(/C=C/C(=O)Nc2cc(S(=O)(=O)N3CCOCC3)ccc2OC)cc1. The molecule has 0 bridgehead atoms. The van der Waals surface area contributed by atoms with Gasteiger partial charge >= 0.3 is 0 Å². The standard InChI is InChI=1S/C21H24N2O6S/c1-27-17-6-3-16(4-7-17)5-10-21(24)22-19-15-18(8-9-20(19)28-2)30(25,26)23-11-13-29-14-12-23/h3-10,15H,11-14H2,1-2H3,(H,22,24)/b10-5+. The molecule has 0 spiro atoms. The largest absolute Gasteiger partial charge is 0.497 e. The van der Waals surface area contributed by atoms with Crippen molar-refractivity contribution in [2.45, 2.75) is 4.90 Å². The van der Waals surface area contributed by atoms with Gasteiger partial charge in [-0.15, -0.1) is 0 Å². The molecule has 8 nitrogen and oxygen atoms in total. The van der Waals surface area contributed by atoms with E-state index in [9.17, 15) is 13.2 Å². The van der Waals surface area contributed by atoms with Crippen LogP contribution in [0.3, 0.4) is 0 Å². The fourth-order valence-electron chi connectivity index (χ4n) is 2.94. The highest BCUT2D eigenvalue weighted by Gasteiger charge is 2.27. The van der Waals surface area contributed by atoms with E-state index < -0.39 is 15.9 Å². The number of hydrogen-bond donors (Lipinski definition) is 1. The maximum Gasteiger partial charge on any atom is 0.248 e. The lowest BCUT2D eigenvalue weighted by Crippen LogP contribution is -2.40. The molecule has 1 amide bonds. The number of rotatable bonds is 7. The lowest BCUT2D eigenvalue weighted by Gasteiger charge is -2.26. The summed E-state index contributed by atoms with van der Waals surface area (Å²) in [5.74, 6) is 0.673. The van der Waals surface area contributed by atoms with Gasteiger partial charge in [0.25, 0.3) is 0 Å². The number of methoxy groups -OCH3 is 2. The summed E-state index contributed by atoms with van der Waals surface area (Å²) < 4.78 is 42.7. The highest BCUT2D eigenvalue weighted by molar-refractivity contribution is 7.89. The summed E-state index contributed by atoms with van der Waals surface area (Å²) in [6.07, 6.45) is 3.01. The van der Waals surface area contributed by atoms with E-state index in [2.05, 4.69) is 5.32 Å². The van der Waals surface area contributed by atoms with Crippen LogP contribution in [0.4, 0.5) is 5.69 Å². The number of anilines is 1. The van der Waals surface area contributed by atoms with Crippen molar-refractivity contribution in [3.8, 4) is 11.5 Å². The van der Waals surface area contributed by atoms with E-state index in [1.165, 1.54) is 35.7 Å². The van der Waals surface area contributed by atoms with Crippen molar-refractivity contribution in [3.05, 3.63) is 54.1 Å². The summed E-state index contributed by atoms with van der Waals surface area (Å²) >= 11 is 0. The molecular formula is C21H24N2O6S. The second-order valence-electron chi connectivity index (χ2n) is 6.47. The Morgan fingerprint density at radius 2 is 1.77 bits per heavy atom. The second kappa shape index (κ2) is 9.75. The molecule has 1 N–H and O–H groups in total. The van der Waals surface area contributed by atoms with Crippen molar-refractivity contribution in [2.75, 3.05) is 45.8 Å². The summed E-state index contributed by atoms with van der Waals surface area (Å²) in [7, 11) is -0.656. The van der Waals surface area contributed by atoms with Crippen LogP contribution in [0.15, 0.2) is 53.4 Å². The van der Waals surface area contributed by atoms with Crippen LogP contribution in [0.5, 0.6) is 11.5 Å². The monoisotopic (exact) mass is 432 g/mol. The first-order valence-electron chi connectivity index (χ1n) is 9.33. The van der Waals surface area contributed by atoms with Gasteiger partial charge in [0.15, 0.2) is 0 Å². The molecule has 0 saturated carbocycles. The van der Waals surface area contributed by atoms with Gasteiger partial charge in [-0.1, -0.05) is 12.1 Å². The van der Waals surface area contributed by atoms with Crippen molar-refractivity contribution in [1.82, 2.24) is 4.31 Å². The minimum atomic E-state index is -3.69. The third kappa shape index (κ3) is 5.18. The topological polar surface area (TPSA) is 94.2 Å². The lowest BCUT2D eigenvalue weighted by atomic mass is 10.2. The van der Waals surface area contributed by atoms with Crippen molar-refractivity contribution in [2.24, 2.45) is 0 Å². The number of morpholine rings is 1. The predicted octanol–water partition coefficient (Wildman–Crippen LogP) is 2.38. The summed E-state index contributed by atoms with van der Waals surface area (Å²) in [4.78, 5) is 12.5. The van der Waals surface area contributed by atoms with Gasteiger partial charge in [0.2, 0.25) is 15.9 Å². The molecule has 0 radical (unpaired) electrons. The molecule has 3 rings (SSSR count). The Hall–Kier alpha value is -2.88. The Labute approximate surface area is 176 Å². The number of hydrogen-bond acceptors (Lipinski definition) is 6. The molecule has 1 saturated heterocycles. The summed E-state index contributed by atoms with van der Waals surface area (Å²) in [6.45, 7) is 1.30. The quantitative estimate of drug-likeness (QED) is 0.675. The fraction of sp³-hybridized carbons (Fsp3) is 0.286. The number of nitrogens with one attached hydrogen (secondary N) is 1. The minimum Gasteiger partial charge on any atom is -0.497 e. The molecule has 0 atom stereocenters. The third-order valence-corrected chi connectivity index (χ3v) is 6.47. The molecule has 1 heterocycles. The number of carbonyl (C=O) groups is 1. The van der Waals surface area contributed by atoms with E-state index in [4.69, 9.17) is 14.2 Å². The summed E-state index contributed by atoms with van der Waals surface area (Å²) in [6, 6.07) is 11.6. The number of ether oxygens (including phenoxy) is 3. The second-order valence-corrected chi connectivity index (χ2v) is 8.41. The zero-order chi connectivity index (χ0) is 21.6. The first kappa shape index (κ1) is 21.8. The molecular weight excluding hydrogens is 408 g/mol. The summed E-state index contributed by atoms with van der Waals surface area (Å²) in [5.41, 5.74) is 1.10. The van der Waals surface area contributed by atoms with E-state index in [-0.39, 0.29) is 10.6 Å². The molecule has 9 heteroatoms. The number of amides is 1. The van der Waals surface area contributed by atoms with Crippen molar-refractivity contribution < 1.29 is 27.4 Å². The van der Waals surface area contributed by atoms with Crippen LogP contribution < -0.4 is 14.8 Å². The zero-order valence-electron chi connectivity index (χ0n) is 16.8. The first-order chi connectivity index (χ1) is 14.4. The molecule has 2 aromatic rings. The van der Waals surface area contributed by atoms with Gasteiger partial charge < -0.3 is 19.5 Å². The van der Waals surface area contributed by atoms with Gasteiger partial charge in [-0.3, -0.25) is 4.79 Å². The van der Waals surface area contributed by atoms with Crippen LogP contribution in [-0.2, 0) is 19.6 Å². The van der Waals surface area contributed by atoms with Crippen LogP contribution in [0.25, 0.3) is 6.08 Å². The van der Waals surface area contributed by atoms with E-state index in [1.54, 1.807) is 25.3 Å². The van der Waals surface area contributed by atoms with Gasteiger partial charge in [-0.2, -0.15) is 4.31 Å². The van der Waals surface area contributed by atoms with Gasteiger partial charge in [0.1, 0.15) is 11.5 Å². The third-order valence-electron chi connectivity index (χ3n) is 4.58. The average Bonchev–Trinajstić information content (AvgIpc) is 2.78. The van der Waals surface area contributed by atoms with Crippen LogP contribution in [-0.4, -0.2) is 59.2 Å². The van der Waals surface area contributed by atoms with Crippen molar-refractivity contribution in [3.63, 3.8) is 0 Å². The predicted molar refractivity (Wildman–Crippen MR) is 113 cm³/mol. The minimum absolute atomic E-state index is 0.0830. The van der Waals surface area contributed by atoms with Gasteiger partial charge in [-0.05, 0) is 42.0 Å². The normalized spacial score (nSPS) is 15.1. The molecule has 2 aromatic carbocycles. The Kier molecular flexibility index (Phi) is 7.09. The van der Waals surface area contributed by atoms with E-state index in [0.717, 1.165) is 11.3 Å². The number of nitrogens with zero attached hydrogens (tertiary/aromatic N) is 1. The molecule has 0 aliphatic carbocycles. The lowest BCUT2D eigenvalue weighted by molar-refractivity contribution is -0.111. The number of carbonyl (C=O) groups excluding carboxylic acids is 1. The molecule has 160 valence electrons. The number of benzene rings is 2. The van der Waals surface area contributed by atoms with E-state index in [1.807, 2.05) is 12.1 Å². The molecule has 1 aliphatic heterocycles. The smallest absolute Gasteiger partial charge is 0.248 e. The van der Waals surface area contributed by atoms with Crippen molar-refractivity contribution in [1.29, 1.82) is 0 Å². The molecule has 0 aromatic heterocycles. The highest BCUT2D eigenvalue weighted by Crippen LogP contribution is 2.29. The van der Waals surface area contributed by atoms with Crippen LogP contribution in [0, 0.1) is 0 Å². The molecule has 30 heavy (non-hydrogen) atoms. The van der Waals surface area contributed by atoms with Crippen LogP contribution in [0.2, 0.25) is 0 Å². The van der Waals surface area contributed by atoms with Gasteiger partial charge in [0, 0.05) is 19.2 Å². The first-order valence-corrected chi connectivity index (χ1v) is 10.8. The Balaban J connectivity index is 1.77.